The first kappa shape index (κ1) is 35.2. The van der Waals surface area contributed by atoms with E-state index in [9.17, 15) is 39.6 Å². The van der Waals surface area contributed by atoms with E-state index in [1.807, 2.05) is 43.9 Å². The molecule has 46 heavy (non-hydrogen) atoms. The highest BCUT2D eigenvalue weighted by Crippen LogP contribution is 2.41. The second-order valence-electron chi connectivity index (χ2n) is 12.7. The first-order valence-corrected chi connectivity index (χ1v) is 16.2. The standard InChI is InChI=1S/C32H36F6N4O3S/c1-20-10-8-9-11-24(20)25-17-27(41-12-13-42(46(7,44)45)29(2,3)19-41)39-18-26(25)40(6)28(43)30(4,5)21-14-22(31(33,34)35)16-23(15-21)32(36,37)38/h8-11,14-18H,12-13,19H2,1-7H3. The fourth-order valence-corrected chi connectivity index (χ4v) is 7.25. The molecule has 2 heterocycles. The zero-order valence-electron chi connectivity index (χ0n) is 26.5. The van der Waals surface area contributed by atoms with Crippen LogP contribution in [-0.4, -0.2) is 62.1 Å². The number of likely N-dealkylation sites (N-methyl/N-ethyl adjacent to an activating group) is 1. The van der Waals surface area contributed by atoms with E-state index in [0.717, 1.165) is 17.4 Å². The zero-order valence-corrected chi connectivity index (χ0v) is 27.3. The normalized spacial score (nSPS) is 16.4. The molecule has 0 bridgehead atoms. The van der Waals surface area contributed by atoms with Gasteiger partial charge in [0.05, 0.1) is 34.7 Å². The van der Waals surface area contributed by atoms with Crippen LogP contribution in [0.3, 0.4) is 0 Å². The van der Waals surface area contributed by atoms with Gasteiger partial charge in [0.1, 0.15) is 5.82 Å². The number of anilines is 2. The molecule has 4 rings (SSSR count). The fourth-order valence-electron chi connectivity index (χ4n) is 5.89. The lowest BCUT2D eigenvalue weighted by Crippen LogP contribution is -2.61. The predicted molar refractivity (Wildman–Crippen MR) is 165 cm³/mol. The number of hydrogen-bond acceptors (Lipinski definition) is 5. The van der Waals surface area contributed by atoms with Crippen molar-refractivity contribution in [3.8, 4) is 11.1 Å². The molecule has 0 N–H and O–H groups in total. The Morgan fingerprint density at radius 3 is 1.93 bits per heavy atom. The Morgan fingerprint density at radius 2 is 1.43 bits per heavy atom. The fraction of sp³-hybridized carbons (Fsp3) is 0.438. The molecular formula is C32H36F6N4O3S. The summed E-state index contributed by atoms with van der Waals surface area (Å²) in [7, 11) is -2.07. The van der Waals surface area contributed by atoms with E-state index in [1.165, 1.54) is 36.3 Å². The Balaban J connectivity index is 1.80. The van der Waals surface area contributed by atoms with Crippen LogP contribution in [0.5, 0.6) is 0 Å². The number of amides is 1. The molecule has 3 aromatic rings. The van der Waals surface area contributed by atoms with Crippen LogP contribution in [0, 0.1) is 6.92 Å². The number of sulfonamides is 1. The summed E-state index contributed by atoms with van der Waals surface area (Å²) in [6.07, 6.45) is -7.54. The van der Waals surface area contributed by atoms with E-state index in [1.54, 1.807) is 12.1 Å². The number of carbonyl (C=O) groups excluding carboxylic acids is 1. The van der Waals surface area contributed by atoms with Crippen molar-refractivity contribution >= 4 is 27.4 Å². The van der Waals surface area contributed by atoms with Gasteiger partial charge in [0.2, 0.25) is 15.9 Å². The average Bonchev–Trinajstić information content (AvgIpc) is 2.94. The van der Waals surface area contributed by atoms with Gasteiger partial charge in [0.25, 0.3) is 0 Å². The Labute approximate surface area is 264 Å². The van der Waals surface area contributed by atoms with E-state index in [-0.39, 0.29) is 18.3 Å². The number of carbonyl (C=O) groups is 1. The Kier molecular flexibility index (Phi) is 9.08. The van der Waals surface area contributed by atoms with Gasteiger partial charge >= 0.3 is 12.4 Å². The van der Waals surface area contributed by atoms with Crippen molar-refractivity contribution in [3.05, 3.63) is 77.0 Å². The predicted octanol–water partition coefficient (Wildman–Crippen LogP) is 6.90. The molecule has 0 atom stereocenters. The molecule has 1 fully saturated rings. The highest BCUT2D eigenvalue weighted by molar-refractivity contribution is 7.88. The summed E-state index contributed by atoms with van der Waals surface area (Å²) < 4.78 is 108. The number of aryl methyl sites for hydroxylation is 1. The summed E-state index contributed by atoms with van der Waals surface area (Å²) in [5, 5.41) is 0. The van der Waals surface area contributed by atoms with E-state index < -0.39 is 55.9 Å². The average molecular weight is 671 g/mol. The van der Waals surface area contributed by atoms with Crippen LogP contribution >= 0.6 is 0 Å². The lowest BCUT2D eigenvalue weighted by Gasteiger charge is -2.46. The quantitative estimate of drug-likeness (QED) is 0.267. The first-order valence-electron chi connectivity index (χ1n) is 14.3. The Morgan fingerprint density at radius 1 is 0.891 bits per heavy atom. The third-order valence-corrected chi connectivity index (χ3v) is 9.84. The van der Waals surface area contributed by atoms with Crippen molar-refractivity contribution in [3.63, 3.8) is 0 Å². The van der Waals surface area contributed by atoms with Gasteiger partial charge in [-0.2, -0.15) is 30.6 Å². The molecule has 0 spiro atoms. The third kappa shape index (κ3) is 7.02. The van der Waals surface area contributed by atoms with Gasteiger partial charge in [-0.3, -0.25) is 4.79 Å². The molecule has 0 saturated carbocycles. The number of pyridine rings is 1. The van der Waals surface area contributed by atoms with Crippen molar-refractivity contribution < 1.29 is 39.6 Å². The summed E-state index contributed by atoms with van der Waals surface area (Å²) in [6.45, 7) is 8.92. The monoisotopic (exact) mass is 670 g/mol. The maximum Gasteiger partial charge on any atom is 0.416 e. The van der Waals surface area contributed by atoms with Gasteiger partial charge in [-0.1, -0.05) is 24.3 Å². The van der Waals surface area contributed by atoms with Gasteiger partial charge < -0.3 is 9.80 Å². The lowest BCUT2D eigenvalue weighted by molar-refractivity contribution is -0.143. The van der Waals surface area contributed by atoms with Crippen LogP contribution in [-0.2, 0) is 32.6 Å². The molecule has 1 saturated heterocycles. The summed E-state index contributed by atoms with van der Waals surface area (Å²) in [5.74, 6) is -0.247. The second-order valence-corrected chi connectivity index (χ2v) is 14.6. The molecule has 1 aromatic heterocycles. The molecule has 250 valence electrons. The van der Waals surface area contributed by atoms with Crippen LogP contribution in [0.1, 0.15) is 49.9 Å². The van der Waals surface area contributed by atoms with Crippen LogP contribution in [0.25, 0.3) is 11.1 Å². The molecule has 1 aliphatic rings. The number of nitrogens with zero attached hydrogens (tertiary/aromatic N) is 4. The number of aromatic nitrogens is 1. The SMILES string of the molecule is Cc1ccccc1-c1cc(N2CCN(S(C)(=O)=O)C(C)(C)C2)ncc1N(C)C(=O)C(C)(C)c1cc(C(F)(F)F)cc(C(F)(F)F)c1. The minimum absolute atomic E-state index is 0.0315. The van der Waals surface area contributed by atoms with Crippen LogP contribution < -0.4 is 9.80 Å². The molecule has 1 amide bonds. The van der Waals surface area contributed by atoms with E-state index in [0.29, 0.717) is 36.6 Å². The Bertz CT molecular complexity index is 1720. The summed E-state index contributed by atoms with van der Waals surface area (Å²) in [6, 6.07) is 10.3. The number of alkyl halides is 6. The third-order valence-electron chi connectivity index (χ3n) is 8.36. The largest absolute Gasteiger partial charge is 0.416 e. The summed E-state index contributed by atoms with van der Waals surface area (Å²) in [4.78, 5) is 21.7. The summed E-state index contributed by atoms with van der Waals surface area (Å²) in [5.41, 5.74) is -3.62. The number of rotatable bonds is 6. The highest BCUT2D eigenvalue weighted by atomic mass is 32.2. The molecule has 2 aromatic carbocycles. The van der Waals surface area contributed by atoms with Crippen LogP contribution in [0.4, 0.5) is 37.8 Å². The van der Waals surface area contributed by atoms with Crippen molar-refractivity contribution in [2.75, 3.05) is 42.7 Å². The van der Waals surface area contributed by atoms with Crippen LogP contribution in [0.2, 0.25) is 0 Å². The maximum atomic E-state index is 14.0. The van der Waals surface area contributed by atoms with Gasteiger partial charge in [0, 0.05) is 37.8 Å². The highest BCUT2D eigenvalue weighted by Gasteiger charge is 2.42. The van der Waals surface area contributed by atoms with E-state index >= 15 is 0 Å². The Hall–Kier alpha value is -3.65. The van der Waals surface area contributed by atoms with E-state index in [4.69, 9.17) is 0 Å². The zero-order chi connectivity index (χ0) is 34.6. The molecule has 7 nitrogen and oxygen atoms in total. The first-order chi connectivity index (χ1) is 20.9. The minimum atomic E-state index is -5.07. The number of benzene rings is 2. The van der Waals surface area contributed by atoms with Crippen LogP contribution in [0.15, 0.2) is 54.7 Å². The number of piperazine rings is 1. The summed E-state index contributed by atoms with van der Waals surface area (Å²) >= 11 is 0. The molecule has 0 unspecified atom stereocenters. The molecule has 0 radical (unpaired) electrons. The minimum Gasteiger partial charge on any atom is -0.353 e. The van der Waals surface area contributed by atoms with E-state index in [2.05, 4.69) is 4.98 Å². The van der Waals surface area contributed by atoms with Gasteiger partial charge in [-0.15, -0.1) is 0 Å². The van der Waals surface area contributed by atoms with Crippen molar-refractivity contribution in [1.29, 1.82) is 0 Å². The molecular weight excluding hydrogens is 634 g/mol. The van der Waals surface area contributed by atoms with Crippen molar-refractivity contribution in [2.24, 2.45) is 0 Å². The van der Waals surface area contributed by atoms with Gasteiger partial charge in [-0.25, -0.2) is 13.4 Å². The molecule has 14 heteroatoms. The maximum absolute atomic E-state index is 14.0. The lowest BCUT2D eigenvalue weighted by atomic mass is 9.81. The number of halogens is 6. The number of hydrogen-bond donors (Lipinski definition) is 0. The van der Waals surface area contributed by atoms with Crippen molar-refractivity contribution in [2.45, 2.75) is 57.9 Å². The molecule has 1 aliphatic heterocycles. The topological polar surface area (TPSA) is 73.8 Å². The van der Waals surface area contributed by atoms with Gasteiger partial charge in [0.15, 0.2) is 0 Å². The second kappa shape index (κ2) is 11.9. The van der Waals surface area contributed by atoms with Gasteiger partial charge in [-0.05, 0) is 75.6 Å². The van der Waals surface area contributed by atoms with Crippen molar-refractivity contribution in [1.82, 2.24) is 9.29 Å². The smallest absolute Gasteiger partial charge is 0.353 e. The molecule has 0 aliphatic carbocycles.